The number of piperazine rings is 1. The summed E-state index contributed by atoms with van der Waals surface area (Å²) < 4.78 is 5.49. The molecule has 1 aliphatic carbocycles. The van der Waals surface area contributed by atoms with Gasteiger partial charge in [0.1, 0.15) is 12.6 Å². The fourth-order valence-electron chi connectivity index (χ4n) is 4.63. The molecule has 0 bridgehead atoms. The summed E-state index contributed by atoms with van der Waals surface area (Å²) in [6.45, 7) is 2.62. The third-order valence-electron chi connectivity index (χ3n) is 6.31. The highest BCUT2D eigenvalue weighted by molar-refractivity contribution is 5.89. The molecule has 0 aromatic heterocycles. The van der Waals surface area contributed by atoms with Gasteiger partial charge in [0.15, 0.2) is 0 Å². The molecule has 2 aliphatic rings. The molecule has 0 radical (unpaired) electrons. The maximum atomic E-state index is 13.0. The number of carboxylic acid groups (broad SMARTS) is 1. The van der Waals surface area contributed by atoms with Crippen molar-refractivity contribution < 1.29 is 24.2 Å². The number of amides is 2. The molecule has 176 valence electrons. The summed E-state index contributed by atoms with van der Waals surface area (Å²) in [5, 5.41) is 11.8. The van der Waals surface area contributed by atoms with Gasteiger partial charge in [0.2, 0.25) is 5.91 Å². The van der Waals surface area contributed by atoms with Crippen LogP contribution in [0, 0.1) is 12.3 Å². The first-order chi connectivity index (χ1) is 16.5. The number of terminal acetylenes is 1. The minimum atomic E-state index is -1.20. The third-order valence-corrected chi connectivity index (χ3v) is 6.31. The number of carbonyl (C=O) groups is 3. The van der Waals surface area contributed by atoms with E-state index in [1.54, 1.807) is 4.90 Å². The van der Waals surface area contributed by atoms with Gasteiger partial charge < -0.3 is 20.1 Å². The van der Waals surface area contributed by atoms with Crippen LogP contribution in [0.3, 0.4) is 0 Å². The fourth-order valence-corrected chi connectivity index (χ4v) is 4.63. The summed E-state index contributed by atoms with van der Waals surface area (Å²) in [5.41, 5.74) is 4.35. The maximum absolute atomic E-state index is 13.0. The van der Waals surface area contributed by atoms with Crippen molar-refractivity contribution >= 4 is 18.0 Å². The maximum Gasteiger partial charge on any atom is 0.407 e. The smallest absolute Gasteiger partial charge is 0.407 e. The van der Waals surface area contributed by atoms with Crippen LogP contribution < -0.4 is 5.32 Å². The van der Waals surface area contributed by atoms with Crippen molar-refractivity contribution in [2.24, 2.45) is 0 Å². The lowest BCUT2D eigenvalue weighted by atomic mass is 9.98. The first-order valence-corrected chi connectivity index (χ1v) is 11.3. The minimum absolute atomic E-state index is 0.0819. The second kappa shape index (κ2) is 10.4. The summed E-state index contributed by atoms with van der Waals surface area (Å²) in [5.74, 6) is 0.837. The quantitative estimate of drug-likeness (QED) is 0.613. The molecule has 1 heterocycles. The van der Waals surface area contributed by atoms with Gasteiger partial charge >= 0.3 is 12.1 Å². The highest BCUT2D eigenvalue weighted by Crippen LogP contribution is 2.44. The van der Waals surface area contributed by atoms with Crippen molar-refractivity contribution in [1.82, 2.24) is 15.1 Å². The lowest BCUT2D eigenvalue weighted by Gasteiger charge is -2.35. The number of benzene rings is 2. The first kappa shape index (κ1) is 23.3. The molecule has 2 aromatic carbocycles. The van der Waals surface area contributed by atoms with Gasteiger partial charge in [0.05, 0.1) is 13.0 Å². The molecular weight excluding hydrogens is 434 g/mol. The molecule has 8 nitrogen and oxygen atoms in total. The lowest BCUT2D eigenvalue weighted by molar-refractivity contribution is -0.143. The van der Waals surface area contributed by atoms with Gasteiger partial charge in [0.25, 0.3) is 0 Å². The Bertz CT molecular complexity index is 1070. The third kappa shape index (κ3) is 5.05. The summed E-state index contributed by atoms with van der Waals surface area (Å²) >= 11 is 0. The average Bonchev–Trinajstić information content (AvgIpc) is 3.16. The van der Waals surface area contributed by atoms with Gasteiger partial charge in [-0.2, -0.15) is 0 Å². The van der Waals surface area contributed by atoms with E-state index in [1.165, 1.54) is 0 Å². The van der Waals surface area contributed by atoms with E-state index < -0.39 is 30.4 Å². The van der Waals surface area contributed by atoms with E-state index >= 15 is 0 Å². The number of nitrogens with zero attached hydrogens (tertiary/aromatic N) is 2. The number of aliphatic carboxylic acids is 1. The Balaban J connectivity index is 1.39. The Labute approximate surface area is 198 Å². The number of hydrogen-bond acceptors (Lipinski definition) is 5. The number of carbonyl (C=O) groups excluding carboxylic acids is 2. The van der Waals surface area contributed by atoms with E-state index in [9.17, 15) is 19.5 Å². The molecule has 2 aromatic rings. The van der Waals surface area contributed by atoms with Crippen LogP contribution in [-0.4, -0.2) is 78.2 Å². The molecule has 0 saturated carbocycles. The highest BCUT2D eigenvalue weighted by Gasteiger charge is 2.32. The van der Waals surface area contributed by atoms with Crippen LogP contribution in [-0.2, 0) is 14.3 Å². The van der Waals surface area contributed by atoms with E-state index in [2.05, 4.69) is 11.2 Å². The predicted octanol–water partition coefficient (Wildman–Crippen LogP) is 2.15. The van der Waals surface area contributed by atoms with Gasteiger partial charge in [-0.15, -0.1) is 6.42 Å². The number of carboxylic acids is 1. The van der Waals surface area contributed by atoms with Crippen molar-refractivity contribution in [3.63, 3.8) is 0 Å². The molecule has 0 spiro atoms. The van der Waals surface area contributed by atoms with Gasteiger partial charge in [-0.05, 0) is 22.3 Å². The number of ether oxygens (including phenoxy) is 1. The van der Waals surface area contributed by atoms with Crippen LogP contribution in [0.2, 0.25) is 0 Å². The van der Waals surface area contributed by atoms with Gasteiger partial charge in [0, 0.05) is 32.1 Å². The molecule has 1 atom stereocenters. The van der Waals surface area contributed by atoms with Crippen molar-refractivity contribution in [2.45, 2.75) is 18.4 Å². The van der Waals surface area contributed by atoms with E-state index in [4.69, 9.17) is 11.2 Å². The Morgan fingerprint density at radius 1 is 1.03 bits per heavy atom. The number of hydrogen-bond donors (Lipinski definition) is 2. The Morgan fingerprint density at radius 2 is 1.62 bits per heavy atom. The Kier molecular flexibility index (Phi) is 7.14. The number of alkyl carbamates (subject to hydrolysis) is 1. The summed E-state index contributed by atoms with van der Waals surface area (Å²) in [7, 11) is 0. The molecule has 1 saturated heterocycles. The van der Waals surface area contributed by atoms with E-state index in [-0.39, 0.29) is 12.5 Å². The second-order valence-corrected chi connectivity index (χ2v) is 8.43. The zero-order valence-corrected chi connectivity index (χ0v) is 18.8. The molecule has 1 fully saturated rings. The SMILES string of the molecule is C#CCN1CCN(C(=O)C(CC(=O)O)NC(=O)OCC2c3ccccc3-c3ccccc32)CC1. The molecule has 2 N–H and O–H groups in total. The number of fused-ring (bicyclic) bond motifs is 3. The Morgan fingerprint density at radius 3 is 2.18 bits per heavy atom. The zero-order valence-electron chi connectivity index (χ0n) is 18.8. The summed E-state index contributed by atoms with van der Waals surface area (Å²) in [6.07, 6.45) is 4.01. The van der Waals surface area contributed by atoms with Gasteiger partial charge in [-0.3, -0.25) is 14.5 Å². The standard InChI is InChI=1S/C26H27N3O5/c1-2-11-28-12-14-29(15-13-28)25(32)23(16-24(30)31)27-26(33)34-17-22-20-9-5-3-7-18(20)19-8-4-6-10-21(19)22/h1,3-10,22-23H,11-17H2,(H,27,33)(H,30,31). The summed E-state index contributed by atoms with van der Waals surface area (Å²) in [4.78, 5) is 40.5. The Hall–Kier alpha value is -3.83. The molecule has 1 aliphatic heterocycles. The van der Waals surface area contributed by atoms with Crippen molar-refractivity contribution in [2.75, 3.05) is 39.3 Å². The van der Waals surface area contributed by atoms with Crippen molar-refractivity contribution in [3.05, 3.63) is 59.7 Å². The highest BCUT2D eigenvalue weighted by atomic mass is 16.5. The molecular formula is C26H27N3O5. The van der Waals surface area contributed by atoms with Gasteiger partial charge in [-0.1, -0.05) is 54.5 Å². The average molecular weight is 462 g/mol. The second-order valence-electron chi connectivity index (χ2n) is 8.43. The van der Waals surface area contributed by atoms with Crippen molar-refractivity contribution in [1.29, 1.82) is 0 Å². The van der Waals surface area contributed by atoms with Crippen LogP contribution in [0.15, 0.2) is 48.5 Å². The van der Waals surface area contributed by atoms with Crippen molar-refractivity contribution in [3.8, 4) is 23.5 Å². The topological polar surface area (TPSA) is 99.2 Å². The minimum Gasteiger partial charge on any atom is -0.481 e. The number of nitrogens with one attached hydrogen (secondary N) is 1. The lowest BCUT2D eigenvalue weighted by Crippen LogP contribution is -2.55. The molecule has 1 unspecified atom stereocenters. The molecule has 8 heteroatoms. The normalized spacial score (nSPS) is 16.1. The van der Waals surface area contributed by atoms with Gasteiger partial charge in [-0.25, -0.2) is 4.79 Å². The monoisotopic (exact) mass is 461 g/mol. The van der Waals surface area contributed by atoms with E-state index in [0.717, 1.165) is 22.3 Å². The van der Waals surface area contributed by atoms with Crippen LogP contribution in [0.1, 0.15) is 23.5 Å². The van der Waals surface area contributed by atoms with E-state index in [0.29, 0.717) is 32.7 Å². The first-order valence-electron chi connectivity index (χ1n) is 11.3. The molecule has 4 rings (SSSR count). The molecule has 2 amide bonds. The van der Waals surface area contributed by atoms with Crippen LogP contribution in [0.5, 0.6) is 0 Å². The zero-order chi connectivity index (χ0) is 24.1. The molecule has 34 heavy (non-hydrogen) atoms. The van der Waals surface area contributed by atoms with Crippen LogP contribution >= 0.6 is 0 Å². The largest absolute Gasteiger partial charge is 0.481 e. The number of rotatable bonds is 7. The van der Waals surface area contributed by atoms with Crippen LogP contribution in [0.4, 0.5) is 4.79 Å². The summed E-state index contributed by atoms with van der Waals surface area (Å²) in [6, 6.07) is 14.7. The van der Waals surface area contributed by atoms with Crippen LogP contribution in [0.25, 0.3) is 11.1 Å². The fraction of sp³-hybridized carbons (Fsp3) is 0.346. The predicted molar refractivity (Wildman–Crippen MR) is 126 cm³/mol. The van der Waals surface area contributed by atoms with E-state index in [1.807, 2.05) is 53.4 Å².